The molecule has 0 aliphatic rings. The first-order valence-electron chi connectivity index (χ1n) is 3.94. The van der Waals surface area contributed by atoms with Gasteiger partial charge in [-0.1, -0.05) is 12.8 Å². The smallest absolute Gasteiger partial charge is 0.265 e. The Kier molecular flexibility index (Phi) is 6.61. The maximum absolute atomic E-state index is 10.1. The summed E-state index contributed by atoms with van der Waals surface area (Å²) >= 11 is 0. The molecule has 0 spiro atoms. The van der Waals surface area contributed by atoms with Crippen LogP contribution in [0.5, 0.6) is 0 Å². The molecule has 3 N–H and O–H groups in total. The molecule has 0 aliphatic carbocycles. The van der Waals surface area contributed by atoms with Crippen LogP contribution in [-0.2, 0) is 9.09 Å². The van der Waals surface area contributed by atoms with Crippen LogP contribution in [0.25, 0.3) is 0 Å². The summed E-state index contributed by atoms with van der Waals surface area (Å²) in [6, 6.07) is 0. The molecule has 0 radical (unpaired) electrons. The highest BCUT2D eigenvalue weighted by Gasteiger charge is 1.99. The first-order chi connectivity index (χ1) is 5.56. The largest absolute Gasteiger partial charge is 0.756 e. The lowest BCUT2D eigenvalue weighted by molar-refractivity contribution is -0.219. The van der Waals surface area contributed by atoms with Gasteiger partial charge in [-0.15, -0.1) is 0 Å². The molecule has 0 amide bonds. The number of hydrogen-bond acceptors (Lipinski definition) is 4. The molecule has 0 aromatic carbocycles. The van der Waals surface area contributed by atoms with E-state index >= 15 is 0 Å². The SMILES string of the molecule is NCCCCCCOP(=O)([O-])O. The number of phosphoric ester groups is 1. The Morgan fingerprint density at radius 2 is 1.92 bits per heavy atom. The van der Waals surface area contributed by atoms with E-state index in [-0.39, 0.29) is 6.61 Å². The van der Waals surface area contributed by atoms with Crippen LogP contribution in [0.2, 0.25) is 0 Å². The maximum Gasteiger partial charge on any atom is 0.265 e. The minimum Gasteiger partial charge on any atom is -0.756 e. The quantitative estimate of drug-likeness (QED) is 0.440. The minimum atomic E-state index is -4.50. The summed E-state index contributed by atoms with van der Waals surface area (Å²) in [7, 11) is -4.50. The molecule has 5 nitrogen and oxygen atoms in total. The zero-order valence-electron chi connectivity index (χ0n) is 6.94. The Morgan fingerprint density at radius 3 is 2.42 bits per heavy atom. The highest BCUT2D eigenvalue weighted by atomic mass is 31.2. The Balaban J connectivity index is 3.06. The normalized spacial score (nSPS) is 15.9. The number of hydrogen-bond donors (Lipinski definition) is 2. The van der Waals surface area contributed by atoms with Crippen molar-refractivity contribution in [2.24, 2.45) is 5.73 Å². The third kappa shape index (κ3) is 10.1. The summed E-state index contributed by atoms with van der Waals surface area (Å²) in [5.74, 6) is 0. The molecular weight excluding hydrogens is 181 g/mol. The van der Waals surface area contributed by atoms with E-state index in [4.69, 9.17) is 10.6 Å². The average Bonchev–Trinajstić information content (AvgIpc) is 1.94. The highest BCUT2D eigenvalue weighted by molar-refractivity contribution is 7.44. The molecule has 1 unspecified atom stereocenters. The van der Waals surface area contributed by atoms with Crippen LogP contribution in [0.1, 0.15) is 25.7 Å². The van der Waals surface area contributed by atoms with Gasteiger partial charge in [0.15, 0.2) is 0 Å². The maximum atomic E-state index is 10.1. The van der Waals surface area contributed by atoms with E-state index in [0.29, 0.717) is 13.0 Å². The number of rotatable bonds is 7. The van der Waals surface area contributed by atoms with Gasteiger partial charge in [0.05, 0.1) is 6.61 Å². The third-order valence-corrected chi connectivity index (χ3v) is 1.86. The van der Waals surface area contributed by atoms with E-state index < -0.39 is 7.82 Å². The van der Waals surface area contributed by atoms with Crippen molar-refractivity contribution in [2.45, 2.75) is 25.7 Å². The van der Waals surface area contributed by atoms with Crippen LogP contribution >= 0.6 is 7.82 Å². The molecule has 74 valence electrons. The van der Waals surface area contributed by atoms with E-state index in [1.807, 2.05) is 0 Å². The predicted octanol–water partition coefficient (Wildman–Crippen LogP) is -0.0172. The van der Waals surface area contributed by atoms with Gasteiger partial charge in [-0.2, -0.15) is 0 Å². The molecule has 0 aromatic rings. The second kappa shape index (κ2) is 6.57. The summed E-state index contributed by atoms with van der Waals surface area (Å²) in [5, 5.41) is 0. The number of nitrogens with two attached hydrogens (primary N) is 1. The second-order valence-corrected chi connectivity index (χ2v) is 3.70. The van der Waals surface area contributed by atoms with E-state index in [1.54, 1.807) is 0 Å². The second-order valence-electron chi connectivity index (χ2n) is 2.50. The van der Waals surface area contributed by atoms with E-state index in [0.717, 1.165) is 19.3 Å². The van der Waals surface area contributed by atoms with Crippen LogP contribution in [0, 0.1) is 0 Å². The number of phosphoric acid groups is 1. The third-order valence-electron chi connectivity index (χ3n) is 1.35. The molecule has 12 heavy (non-hydrogen) atoms. The van der Waals surface area contributed by atoms with Crippen molar-refractivity contribution in [3.63, 3.8) is 0 Å². The summed E-state index contributed by atoms with van der Waals surface area (Å²) in [4.78, 5) is 18.2. The Bertz CT molecular complexity index is 146. The average molecular weight is 196 g/mol. The van der Waals surface area contributed by atoms with Crippen molar-refractivity contribution in [3.05, 3.63) is 0 Å². The number of unbranched alkanes of at least 4 members (excludes halogenated alkanes) is 3. The van der Waals surface area contributed by atoms with Gasteiger partial charge in [-0.25, -0.2) is 0 Å². The van der Waals surface area contributed by atoms with Gasteiger partial charge in [0.2, 0.25) is 0 Å². The van der Waals surface area contributed by atoms with Crippen molar-refractivity contribution >= 4 is 7.82 Å². The van der Waals surface area contributed by atoms with E-state index in [9.17, 15) is 9.46 Å². The fourth-order valence-corrected chi connectivity index (χ4v) is 1.14. The fraction of sp³-hybridized carbons (Fsp3) is 1.00. The monoisotopic (exact) mass is 196 g/mol. The van der Waals surface area contributed by atoms with Crippen LogP contribution in [0.3, 0.4) is 0 Å². The lowest BCUT2D eigenvalue weighted by atomic mass is 10.2. The lowest BCUT2D eigenvalue weighted by Gasteiger charge is -2.14. The molecule has 6 heteroatoms. The summed E-state index contributed by atoms with van der Waals surface area (Å²) in [6.07, 6.45) is 3.41. The van der Waals surface area contributed by atoms with Crippen LogP contribution in [0.15, 0.2) is 0 Å². The molecule has 0 bridgehead atoms. The van der Waals surface area contributed by atoms with Gasteiger partial charge < -0.3 is 20.0 Å². The molecule has 0 aliphatic heterocycles. The molecule has 0 aromatic heterocycles. The molecule has 0 rings (SSSR count). The molecule has 1 atom stereocenters. The predicted molar refractivity (Wildman–Crippen MR) is 43.3 cm³/mol. The molecule has 0 saturated carbocycles. The summed E-state index contributed by atoms with van der Waals surface area (Å²) in [6.45, 7) is 0.711. The van der Waals surface area contributed by atoms with Crippen molar-refractivity contribution in [1.29, 1.82) is 0 Å². The van der Waals surface area contributed by atoms with Crippen LogP contribution in [0.4, 0.5) is 0 Å². The van der Waals surface area contributed by atoms with E-state index in [2.05, 4.69) is 4.52 Å². The lowest BCUT2D eigenvalue weighted by Crippen LogP contribution is -2.04. The summed E-state index contributed by atoms with van der Waals surface area (Å²) in [5.41, 5.74) is 5.25. The van der Waals surface area contributed by atoms with Crippen molar-refractivity contribution in [2.75, 3.05) is 13.2 Å². The van der Waals surface area contributed by atoms with Gasteiger partial charge in [0.1, 0.15) is 0 Å². The van der Waals surface area contributed by atoms with Crippen molar-refractivity contribution in [3.8, 4) is 0 Å². The standard InChI is InChI=1S/C6H16NO4P/c7-5-3-1-2-4-6-11-12(8,9)10/h1-7H2,(H2,8,9,10)/p-1. The van der Waals surface area contributed by atoms with Gasteiger partial charge in [0.25, 0.3) is 7.82 Å². The Hall–Kier alpha value is 0.0700. The molecule has 0 heterocycles. The highest BCUT2D eigenvalue weighted by Crippen LogP contribution is 2.30. The van der Waals surface area contributed by atoms with Gasteiger partial charge in [0, 0.05) is 0 Å². The molecular formula is C6H15NO4P-. The van der Waals surface area contributed by atoms with Gasteiger partial charge >= 0.3 is 0 Å². The molecule has 0 saturated heterocycles. The van der Waals surface area contributed by atoms with Crippen LogP contribution in [-0.4, -0.2) is 18.0 Å². The summed E-state index contributed by atoms with van der Waals surface area (Å²) < 4.78 is 14.2. The van der Waals surface area contributed by atoms with Crippen molar-refractivity contribution < 1.29 is 18.9 Å². The Labute approximate surface area is 72.2 Å². The first kappa shape index (κ1) is 12.1. The Morgan fingerprint density at radius 1 is 1.33 bits per heavy atom. The zero-order chi connectivity index (χ0) is 9.45. The zero-order valence-corrected chi connectivity index (χ0v) is 7.83. The van der Waals surface area contributed by atoms with E-state index in [1.165, 1.54) is 0 Å². The fourth-order valence-electron chi connectivity index (χ4n) is 0.780. The molecule has 0 fully saturated rings. The van der Waals surface area contributed by atoms with Crippen LogP contribution < -0.4 is 10.6 Å². The van der Waals surface area contributed by atoms with Crippen molar-refractivity contribution in [1.82, 2.24) is 0 Å². The first-order valence-corrected chi connectivity index (χ1v) is 5.44. The van der Waals surface area contributed by atoms with Gasteiger partial charge in [-0.05, 0) is 19.4 Å². The minimum absolute atomic E-state index is 0.0574. The topological polar surface area (TPSA) is 95.6 Å². The van der Waals surface area contributed by atoms with Gasteiger partial charge in [-0.3, -0.25) is 4.57 Å².